The molecular formula is C20H30N4O3. The number of morpholine rings is 1. The van der Waals surface area contributed by atoms with Gasteiger partial charge in [-0.2, -0.15) is 4.98 Å². The fourth-order valence-corrected chi connectivity index (χ4v) is 3.21. The van der Waals surface area contributed by atoms with Gasteiger partial charge in [-0.15, -0.1) is 0 Å². The number of aryl methyl sites for hydroxylation is 1. The van der Waals surface area contributed by atoms with Crippen molar-refractivity contribution < 1.29 is 14.0 Å². The molecule has 0 aliphatic carbocycles. The van der Waals surface area contributed by atoms with Gasteiger partial charge in [-0.1, -0.05) is 23.4 Å². The molecular weight excluding hydrogens is 344 g/mol. The second-order valence-corrected chi connectivity index (χ2v) is 7.02. The van der Waals surface area contributed by atoms with Gasteiger partial charge in [0.2, 0.25) is 5.89 Å². The zero-order chi connectivity index (χ0) is 18.9. The largest absolute Gasteiger partial charge is 0.493 e. The first-order chi connectivity index (χ1) is 13.2. The van der Waals surface area contributed by atoms with Crippen LogP contribution in [0.25, 0.3) is 0 Å². The lowest BCUT2D eigenvalue weighted by Gasteiger charge is -2.26. The molecule has 27 heavy (non-hydrogen) atoms. The molecule has 2 heterocycles. The normalized spacial score (nSPS) is 15.4. The van der Waals surface area contributed by atoms with E-state index in [4.69, 9.17) is 14.0 Å². The van der Waals surface area contributed by atoms with Crippen LogP contribution in [0.3, 0.4) is 0 Å². The molecule has 0 bridgehead atoms. The molecule has 1 fully saturated rings. The van der Waals surface area contributed by atoms with E-state index in [1.165, 1.54) is 5.56 Å². The molecule has 1 aromatic carbocycles. The number of ether oxygens (including phenoxy) is 2. The molecule has 1 aliphatic rings. The second kappa shape index (κ2) is 10.4. The molecule has 2 aromatic rings. The Morgan fingerprint density at radius 2 is 1.96 bits per heavy atom. The highest BCUT2D eigenvalue weighted by Gasteiger charge is 2.11. The van der Waals surface area contributed by atoms with Gasteiger partial charge < -0.3 is 14.0 Å². The zero-order valence-electron chi connectivity index (χ0n) is 16.4. The molecule has 148 valence electrons. The molecule has 1 aliphatic heterocycles. The minimum absolute atomic E-state index is 0.596. The first-order valence-corrected chi connectivity index (χ1v) is 9.69. The van der Waals surface area contributed by atoms with Gasteiger partial charge in [-0.25, -0.2) is 0 Å². The zero-order valence-corrected chi connectivity index (χ0v) is 16.4. The van der Waals surface area contributed by atoms with Crippen LogP contribution >= 0.6 is 0 Å². The number of unbranched alkanes of at least 4 members (excludes halogenated alkanes) is 1. The molecule has 7 heteroatoms. The van der Waals surface area contributed by atoms with Gasteiger partial charge in [0, 0.05) is 32.1 Å². The van der Waals surface area contributed by atoms with E-state index in [1.54, 1.807) is 6.92 Å². The first-order valence-electron chi connectivity index (χ1n) is 9.69. The van der Waals surface area contributed by atoms with Crippen LogP contribution in [0.1, 0.15) is 30.1 Å². The summed E-state index contributed by atoms with van der Waals surface area (Å²) in [4.78, 5) is 8.88. The maximum Gasteiger partial charge on any atom is 0.223 e. The predicted molar refractivity (Wildman–Crippen MR) is 103 cm³/mol. The smallest absolute Gasteiger partial charge is 0.223 e. The Morgan fingerprint density at radius 1 is 1.15 bits per heavy atom. The molecule has 3 rings (SSSR count). The van der Waals surface area contributed by atoms with Gasteiger partial charge in [0.15, 0.2) is 5.82 Å². The van der Waals surface area contributed by atoms with Crippen LogP contribution in [-0.2, 0) is 17.8 Å². The van der Waals surface area contributed by atoms with Gasteiger partial charge in [0.1, 0.15) is 5.75 Å². The third-order valence-electron chi connectivity index (χ3n) is 4.62. The van der Waals surface area contributed by atoms with E-state index in [1.807, 2.05) is 25.2 Å². The topological polar surface area (TPSA) is 63.9 Å². The Bertz CT molecular complexity index is 685. The first kappa shape index (κ1) is 19.8. The molecule has 0 spiro atoms. The standard InChI is InChI=1S/C20H30N4O3/c1-17-21-20(22-27-17)16-23(2)15-18-7-3-4-8-19(18)26-12-6-5-9-24-10-13-25-14-11-24/h3-4,7-8H,5-6,9-16H2,1-2H3. The van der Waals surface area contributed by atoms with Crippen LogP contribution in [0.15, 0.2) is 28.8 Å². The van der Waals surface area contributed by atoms with Gasteiger partial charge in [-0.05, 0) is 32.5 Å². The Hall–Kier alpha value is -1.96. The Labute approximate surface area is 161 Å². The third kappa shape index (κ3) is 6.61. The Balaban J connectivity index is 1.41. The van der Waals surface area contributed by atoms with Gasteiger partial charge in [0.25, 0.3) is 0 Å². The molecule has 1 saturated heterocycles. The van der Waals surface area contributed by atoms with Crippen molar-refractivity contribution in [3.8, 4) is 5.75 Å². The lowest BCUT2D eigenvalue weighted by Crippen LogP contribution is -2.36. The highest BCUT2D eigenvalue weighted by atomic mass is 16.5. The molecule has 0 N–H and O–H groups in total. The van der Waals surface area contributed by atoms with E-state index < -0.39 is 0 Å². The summed E-state index contributed by atoms with van der Waals surface area (Å²) in [7, 11) is 2.05. The number of hydrogen-bond donors (Lipinski definition) is 0. The highest BCUT2D eigenvalue weighted by Crippen LogP contribution is 2.20. The molecule has 0 saturated carbocycles. The molecule has 1 aromatic heterocycles. The Kier molecular flexibility index (Phi) is 7.62. The minimum Gasteiger partial charge on any atom is -0.493 e. The summed E-state index contributed by atoms with van der Waals surface area (Å²) in [5.41, 5.74) is 1.17. The summed E-state index contributed by atoms with van der Waals surface area (Å²) >= 11 is 0. The third-order valence-corrected chi connectivity index (χ3v) is 4.62. The molecule has 0 radical (unpaired) electrons. The quantitative estimate of drug-likeness (QED) is 0.592. The van der Waals surface area contributed by atoms with Crippen molar-refractivity contribution >= 4 is 0 Å². The van der Waals surface area contributed by atoms with Gasteiger partial charge >= 0.3 is 0 Å². The average molecular weight is 374 g/mol. The van der Waals surface area contributed by atoms with Crippen molar-refractivity contribution in [1.82, 2.24) is 19.9 Å². The van der Waals surface area contributed by atoms with E-state index in [-0.39, 0.29) is 0 Å². The van der Waals surface area contributed by atoms with E-state index in [0.29, 0.717) is 18.3 Å². The lowest BCUT2D eigenvalue weighted by atomic mass is 10.2. The second-order valence-electron chi connectivity index (χ2n) is 7.02. The fraction of sp³-hybridized carbons (Fsp3) is 0.600. The fourth-order valence-electron chi connectivity index (χ4n) is 3.21. The summed E-state index contributed by atoms with van der Waals surface area (Å²) in [5, 5.41) is 3.96. The summed E-state index contributed by atoms with van der Waals surface area (Å²) < 4.78 is 16.5. The van der Waals surface area contributed by atoms with Crippen LogP contribution in [0.5, 0.6) is 5.75 Å². The van der Waals surface area contributed by atoms with Crippen molar-refractivity contribution in [3.63, 3.8) is 0 Å². The minimum atomic E-state index is 0.596. The number of hydrogen-bond acceptors (Lipinski definition) is 7. The predicted octanol–water partition coefficient (Wildman–Crippen LogP) is 2.50. The van der Waals surface area contributed by atoms with Crippen molar-refractivity contribution in [1.29, 1.82) is 0 Å². The van der Waals surface area contributed by atoms with Crippen molar-refractivity contribution in [2.45, 2.75) is 32.9 Å². The Morgan fingerprint density at radius 3 is 2.74 bits per heavy atom. The van der Waals surface area contributed by atoms with Crippen LogP contribution in [0, 0.1) is 6.92 Å². The van der Waals surface area contributed by atoms with Crippen LogP contribution < -0.4 is 4.74 Å². The van der Waals surface area contributed by atoms with E-state index in [9.17, 15) is 0 Å². The van der Waals surface area contributed by atoms with Crippen molar-refractivity contribution in [3.05, 3.63) is 41.5 Å². The summed E-state index contributed by atoms with van der Waals surface area (Å²) in [6.07, 6.45) is 2.21. The lowest BCUT2D eigenvalue weighted by molar-refractivity contribution is 0.0368. The van der Waals surface area contributed by atoms with E-state index >= 15 is 0 Å². The van der Waals surface area contributed by atoms with Gasteiger partial charge in [0.05, 0.1) is 26.4 Å². The van der Waals surface area contributed by atoms with E-state index in [2.05, 4.69) is 26.0 Å². The number of rotatable bonds is 10. The molecule has 7 nitrogen and oxygen atoms in total. The number of benzene rings is 1. The van der Waals surface area contributed by atoms with Gasteiger partial charge in [-0.3, -0.25) is 9.80 Å². The number of aromatic nitrogens is 2. The van der Waals surface area contributed by atoms with Crippen molar-refractivity contribution in [2.75, 3.05) is 46.5 Å². The molecule has 0 amide bonds. The SMILES string of the molecule is Cc1nc(CN(C)Cc2ccccc2OCCCCN2CCOCC2)no1. The average Bonchev–Trinajstić information content (AvgIpc) is 3.08. The van der Waals surface area contributed by atoms with Crippen LogP contribution in [0.4, 0.5) is 0 Å². The van der Waals surface area contributed by atoms with Crippen molar-refractivity contribution in [2.24, 2.45) is 0 Å². The highest BCUT2D eigenvalue weighted by molar-refractivity contribution is 5.33. The maximum atomic E-state index is 6.06. The summed E-state index contributed by atoms with van der Waals surface area (Å²) in [5.74, 6) is 2.26. The van der Waals surface area contributed by atoms with Crippen LogP contribution in [0.2, 0.25) is 0 Å². The number of nitrogens with zero attached hydrogens (tertiary/aromatic N) is 4. The molecule has 0 atom stereocenters. The summed E-state index contributed by atoms with van der Waals surface area (Å²) in [6, 6.07) is 8.23. The van der Waals surface area contributed by atoms with Crippen LogP contribution in [-0.4, -0.2) is 66.4 Å². The number of para-hydroxylation sites is 1. The maximum absolute atomic E-state index is 6.06. The molecule has 0 unspecified atom stereocenters. The van der Waals surface area contributed by atoms with E-state index in [0.717, 1.165) is 64.6 Å². The monoisotopic (exact) mass is 374 g/mol. The summed E-state index contributed by atoms with van der Waals surface area (Å²) in [6.45, 7) is 8.92.